The number of carbonyl (C=O) groups is 2. The summed E-state index contributed by atoms with van der Waals surface area (Å²) >= 11 is 0. The van der Waals surface area contributed by atoms with Gasteiger partial charge in [0.2, 0.25) is 0 Å². The second-order valence-corrected chi connectivity index (χ2v) is 7.52. The third-order valence-corrected chi connectivity index (χ3v) is 5.32. The number of fused-ring (bicyclic) bond motifs is 1. The summed E-state index contributed by atoms with van der Waals surface area (Å²) in [7, 11) is 0. The minimum Gasteiger partial charge on any atom is -0.452 e. The van der Waals surface area contributed by atoms with E-state index in [2.05, 4.69) is 9.72 Å². The van der Waals surface area contributed by atoms with Gasteiger partial charge in [-0.1, -0.05) is 36.4 Å². The molecule has 4 rings (SSSR count). The highest BCUT2D eigenvalue weighted by atomic mass is 19.3. The van der Waals surface area contributed by atoms with E-state index in [0.29, 0.717) is 34.4 Å². The van der Waals surface area contributed by atoms with Crippen molar-refractivity contribution >= 4 is 28.5 Å². The predicted molar refractivity (Wildman–Crippen MR) is 129 cm³/mol. The number of ether oxygens (including phenoxy) is 2. The number of rotatable bonds is 8. The van der Waals surface area contributed by atoms with Gasteiger partial charge in [-0.3, -0.25) is 4.79 Å². The zero-order chi connectivity index (χ0) is 24.8. The lowest BCUT2D eigenvalue weighted by atomic mass is 10.0. The van der Waals surface area contributed by atoms with Crippen molar-refractivity contribution in [1.29, 1.82) is 0 Å². The smallest absolute Gasteiger partial charge is 0.387 e. The molecule has 3 aromatic carbocycles. The first-order valence-electron chi connectivity index (χ1n) is 10.9. The molecule has 0 radical (unpaired) electrons. The average Bonchev–Trinajstić information content (AvgIpc) is 2.88. The van der Waals surface area contributed by atoms with Gasteiger partial charge in [-0.25, -0.2) is 9.78 Å². The Hall–Kier alpha value is -4.33. The van der Waals surface area contributed by atoms with Gasteiger partial charge in [0.1, 0.15) is 5.75 Å². The third-order valence-electron chi connectivity index (χ3n) is 5.32. The maximum absolute atomic E-state index is 13.0. The van der Waals surface area contributed by atoms with Crippen LogP contribution in [0.2, 0.25) is 0 Å². The van der Waals surface area contributed by atoms with Crippen LogP contribution in [0.15, 0.2) is 84.9 Å². The van der Waals surface area contributed by atoms with Gasteiger partial charge in [0.25, 0.3) is 5.91 Å². The van der Waals surface area contributed by atoms with Gasteiger partial charge < -0.3 is 14.4 Å². The van der Waals surface area contributed by atoms with Crippen LogP contribution in [-0.2, 0) is 9.53 Å². The average molecular weight is 476 g/mol. The number of carbonyl (C=O) groups excluding carboxylic acids is 2. The topological polar surface area (TPSA) is 68.7 Å². The number of hydrogen-bond donors (Lipinski definition) is 0. The molecule has 35 heavy (non-hydrogen) atoms. The summed E-state index contributed by atoms with van der Waals surface area (Å²) in [6.07, 6.45) is 0. The van der Waals surface area contributed by atoms with Gasteiger partial charge in [0.15, 0.2) is 6.61 Å². The number of halogens is 2. The summed E-state index contributed by atoms with van der Waals surface area (Å²) in [6.45, 7) is -1.08. The van der Waals surface area contributed by atoms with Crippen molar-refractivity contribution in [2.45, 2.75) is 13.5 Å². The molecule has 0 aliphatic rings. The largest absolute Gasteiger partial charge is 0.452 e. The predicted octanol–water partition coefficient (Wildman–Crippen LogP) is 5.71. The Kier molecular flexibility index (Phi) is 7.30. The molecule has 0 N–H and O–H groups in total. The van der Waals surface area contributed by atoms with E-state index >= 15 is 0 Å². The van der Waals surface area contributed by atoms with E-state index in [0.717, 1.165) is 0 Å². The van der Waals surface area contributed by atoms with Gasteiger partial charge in [-0.2, -0.15) is 8.78 Å². The Bertz CT molecular complexity index is 1330. The molecule has 0 saturated heterocycles. The van der Waals surface area contributed by atoms with E-state index in [1.165, 1.54) is 17.0 Å². The Morgan fingerprint density at radius 3 is 2.31 bits per heavy atom. The summed E-state index contributed by atoms with van der Waals surface area (Å²) in [5, 5.41) is 0.571. The van der Waals surface area contributed by atoms with Crippen molar-refractivity contribution in [3.05, 3.63) is 90.5 Å². The fourth-order valence-electron chi connectivity index (χ4n) is 3.69. The number of hydrogen-bond acceptors (Lipinski definition) is 5. The molecule has 0 spiro atoms. The van der Waals surface area contributed by atoms with E-state index in [-0.39, 0.29) is 17.2 Å². The maximum atomic E-state index is 13.0. The lowest BCUT2D eigenvalue weighted by Crippen LogP contribution is -2.34. The standard InChI is InChI=1S/C27H22F2N2O4/c1-2-31(19-8-4-3-5-9-19)25(32)17-34-26(33)22-16-24(30-23-11-7-6-10-21(22)23)18-12-14-20(15-13-18)35-27(28)29/h3-16,27H,2,17H2,1H3. The van der Waals surface area contributed by atoms with Crippen LogP contribution in [0.5, 0.6) is 5.75 Å². The van der Waals surface area contributed by atoms with Crippen molar-refractivity contribution < 1.29 is 27.8 Å². The van der Waals surface area contributed by atoms with E-state index in [1.807, 2.05) is 37.3 Å². The van der Waals surface area contributed by atoms with E-state index in [4.69, 9.17) is 4.74 Å². The Labute approximate surface area is 200 Å². The number of esters is 1. The number of benzene rings is 3. The fraction of sp³-hybridized carbons (Fsp3) is 0.148. The van der Waals surface area contributed by atoms with Gasteiger partial charge in [0.05, 0.1) is 16.8 Å². The Morgan fingerprint density at radius 2 is 1.63 bits per heavy atom. The quantitative estimate of drug-likeness (QED) is 0.305. The van der Waals surface area contributed by atoms with E-state index < -0.39 is 19.2 Å². The number of aromatic nitrogens is 1. The minimum atomic E-state index is -2.92. The number of anilines is 1. The molecule has 0 unspecified atom stereocenters. The molecular formula is C27H22F2N2O4. The van der Waals surface area contributed by atoms with Crippen LogP contribution in [0.4, 0.5) is 14.5 Å². The maximum Gasteiger partial charge on any atom is 0.387 e. The number of likely N-dealkylation sites (N-methyl/N-ethyl adjacent to an activating group) is 1. The molecule has 6 nitrogen and oxygen atoms in total. The van der Waals surface area contributed by atoms with Gasteiger partial charge in [0, 0.05) is 23.2 Å². The molecule has 4 aromatic rings. The second-order valence-electron chi connectivity index (χ2n) is 7.52. The minimum absolute atomic E-state index is 0.0154. The monoisotopic (exact) mass is 476 g/mol. The lowest BCUT2D eigenvalue weighted by molar-refractivity contribution is -0.121. The zero-order valence-electron chi connectivity index (χ0n) is 18.9. The van der Waals surface area contributed by atoms with Crippen LogP contribution in [0.25, 0.3) is 22.2 Å². The molecule has 1 aromatic heterocycles. The number of pyridine rings is 1. The summed E-state index contributed by atoms with van der Waals surface area (Å²) < 4.78 is 34.7. The van der Waals surface area contributed by atoms with Crippen molar-refractivity contribution in [2.75, 3.05) is 18.1 Å². The summed E-state index contributed by atoms with van der Waals surface area (Å²) in [5.74, 6) is -0.998. The van der Waals surface area contributed by atoms with Gasteiger partial charge >= 0.3 is 12.6 Å². The van der Waals surface area contributed by atoms with E-state index in [1.54, 1.807) is 42.5 Å². The summed E-state index contributed by atoms with van der Waals surface area (Å²) in [4.78, 5) is 31.9. The highest BCUT2D eigenvalue weighted by Gasteiger charge is 2.19. The van der Waals surface area contributed by atoms with Crippen LogP contribution in [0.3, 0.4) is 0 Å². The highest BCUT2D eigenvalue weighted by molar-refractivity contribution is 6.05. The number of amides is 1. The molecule has 1 heterocycles. The Balaban J connectivity index is 1.58. The van der Waals surface area contributed by atoms with E-state index in [9.17, 15) is 18.4 Å². The first kappa shape index (κ1) is 23.8. The highest BCUT2D eigenvalue weighted by Crippen LogP contribution is 2.27. The number of para-hydroxylation sites is 2. The molecular weight excluding hydrogens is 454 g/mol. The van der Waals surface area contributed by atoms with Crippen LogP contribution in [0.1, 0.15) is 17.3 Å². The molecule has 0 atom stereocenters. The van der Waals surface area contributed by atoms with Crippen LogP contribution < -0.4 is 9.64 Å². The van der Waals surface area contributed by atoms with Gasteiger partial charge in [-0.05, 0) is 55.5 Å². The number of nitrogens with zero attached hydrogens (tertiary/aromatic N) is 2. The zero-order valence-corrected chi connectivity index (χ0v) is 18.9. The van der Waals surface area contributed by atoms with Crippen molar-refractivity contribution in [3.8, 4) is 17.0 Å². The molecule has 0 saturated carbocycles. The Morgan fingerprint density at radius 1 is 0.943 bits per heavy atom. The summed E-state index contributed by atoms with van der Waals surface area (Å²) in [6, 6.07) is 23.7. The normalized spacial score (nSPS) is 10.9. The van der Waals surface area contributed by atoms with Crippen LogP contribution in [-0.4, -0.2) is 36.6 Å². The fourth-order valence-corrected chi connectivity index (χ4v) is 3.69. The molecule has 178 valence electrons. The first-order valence-corrected chi connectivity index (χ1v) is 10.9. The van der Waals surface area contributed by atoms with Crippen molar-refractivity contribution in [3.63, 3.8) is 0 Å². The first-order chi connectivity index (χ1) is 17.0. The second kappa shape index (κ2) is 10.7. The molecule has 0 aliphatic heterocycles. The lowest BCUT2D eigenvalue weighted by Gasteiger charge is -2.20. The molecule has 0 fully saturated rings. The van der Waals surface area contributed by atoms with Crippen molar-refractivity contribution in [1.82, 2.24) is 4.98 Å². The van der Waals surface area contributed by atoms with Crippen LogP contribution >= 0.6 is 0 Å². The van der Waals surface area contributed by atoms with Crippen LogP contribution in [0, 0.1) is 0 Å². The molecule has 1 amide bonds. The molecule has 8 heteroatoms. The summed E-state index contributed by atoms with van der Waals surface area (Å²) in [5.41, 5.74) is 2.56. The number of alkyl halides is 2. The third kappa shape index (κ3) is 5.60. The molecule has 0 aliphatic carbocycles. The van der Waals surface area contributed by atoms with Gasteiger partial charge in [-0.15, -0.1) is 0 Å². The molecule has 0 bridgehead atoms. The SMILES string of the molecule is CCN(C(=O)COC(=O)c1cc(-c2ccc(OC(F)F)cc2)nc2ccccc12)c1ccccc1. The van der Waals surface area contributed by atoms with Crippen molar-refractivity contribution in [2.24, 2.45) is 0 Å².